The molecule has 0 spiro atoms. The van der Waals surface area contributed by atoms with Crippen molar-refractivity contribution in [3.63, 3.8) is 0 Å². The second kappa shape index (κ2) is 4.85. The number of carbonyl (C=O) groups is 1. The fraction of sp³-hybridized carbons (Fsp3) is 0.533. The summed E-state index contributed by atoms with van der Waals surface area (Å²) in [6, 6.07) is 1.81. The first-order chi connectivity index (χ1) is 8.88. The molecule has 0 fully saturated rings. The largest absolute Gasteiger partial charge is 0.507 e. The van der Waals surface area contributed by atoms with E-state index in [9.17, 15) is 15.0 Å². The van der Waals surface area contributed by atoms with E-state index in [1.165, 1.54) is 0 Å². The molecule has 1 aromatic carbocycles. The van der Waals surface area contributed by atoms with Crippen molar-refractivity contribution in [2.24, 2.45) is 5.92 Å². The molecule has 1 aliphatic rings. The summed E-state index contributed by atoms with van der Waals surface area (Å²) in [6.45, 7) is 7.50. The zero-order valence-electron chi connectivity index (χ0n) is 11.7. The Morgan fingerprint density at radius 2 is 2.00 bits per heavy atom. The molecule has 19 heavy (non-hydrogen) atoms. The molecule has 104 valence electrons. The predicted molar refractivity (Wildman–Crippen MR) is 71.2 cm³/mol. The molecular formula is C15H20O4. The second-order valence-corrected chi connectivity index (χ2v) is 5.35. The highest BCUT2D eigenvalue weighted by Crippen LogP contribution is 2.43. The van der Waals surface area contributed by atoms with Gasteiger partial charge in [-0.05, 0) is 30.9 Å². The monoisotopic (exact) mass is 264 g/mol. The summed E-state index contributed by atoms with van der Waals surface area (Å²) in [5, 5.41) is 20.3. The van der Waals surface area contributed by atoms with Crippen LogP contribution < -0.4 is 0 Å². The number of aryl methyl sites for hydroxylation is 2. The van der Waals surface area contributed by atoms with E-state index in [-0.39, 0.29) is 17.2 Å². The molecule has 0 aliphatic carbocycles. The number of ether oxygens (including phenoxy) is 1. The molecule has 1 heterocycles. The number of aliphatic hydroxyl groups excluding tert-OH is 1. The Labute approximate surface area is 113 Å². The lowest BCUT2D eigenvalue weighted by atomic mass is 9.88. The zero-order valence-corrected chi connectivity index (χ0v) is 11.7. The maximum Gasteiger partial charge on any atom is 0.343 e. The van der Waals surface area contributed by atoms with Crippen LogP contribution >= 0.6 is 0 Å². The van der Waals surface area contributed by atoms with Gasteiger partial charge in [0.1, 0.15) is 11.3 Å². The van der Waals surface area contributed by atoms with Gasteiger partial charge in [0.15, 0.2) is 6.10 Å². The smallest absolute Gasteiger partial charge is 0.343 e. The van der Waals surface area contributed by atoms with E-state index in [1.54, 1.807) is 6.92 Å². The van der Waals surface area contributed by atoms with Gasteiger partial charge in [-0.15, -0.1) is 0 Å². The molecule has 2 N–H and O–H groups in total. The van der Waals surface area contributed by atoms with Gasteiger partial charge in [-0.1, -0.05) is 26.3 Å². The van der Waals surface area contributed by atoms with Crippen molar-refractivity contribution >= 4 is 5.97 Å². The standard InChI is InChI=1S/C15H20O4/c1-5-7(2)13(17)14-10-8(3)6-9(4)12(16)11(10)15(18)19-14/h6-7,13-14,16-17H,5H2,1-4H3. The van der Waals surface area contributed by atoms with E-state index in [0.29, 0.717) is 11.1 Å². The summed E-state index contributed by atoms with van der Waals surface area (Å²) in [5.74, 6) is -0.567. The minimum atomic E-state index is -0.754. The normalized spacial score (nSPS) is 20.9. The lowest BCUT2D eigenvalue weighted by molar-refractivity contribution is -0.0303. The lowest BCUT2D eigenvalue weighted by Gasteiger charge is -2.24. The topological polar surface area (TPSA) is 66.8 Å². The fourth-order valence-electron chi connectivity index (χ4n) is 2.58. The minimum absolute atomic E-state index is 0.0200. The summed E-state index contributed by atoms with van der Waals surface area (Å²) < 4.78 is 5.28. The first-order valence-corrected chi connectivity index (χ1v) is 6.60. The van der Waals surface area contributed by atoms with Crippen LogP contribution in [0.1, 0.15) is 53.4 Å². The summed E-state index contributed by atoms with van der Waals surface area (Å²) in [7, 11) is 0. The molecule has 2 rings (SSSR count). The molecule has 1 aliphatic heterocycles. The molecule has 0 bridgehead atoms. The summed E-state index contributed by atoms with van der Waals surface area (Å²) in [4.78, 5) is 11.9. The van der Waals surface area contributed by atoms with Crippen LogP contribution in [0.3, 0.4) is 0 Å². The zero-order chi connectivity index (χ0) is 14.3. The van der Waals surface area contributed by atoms with Gasteiger partial charge in [-0.2, -0.15) is 0 Å². The number of hydrogen-bond acceptors (Lipinski definition) is 4. The van der Waals surface area contributed by atoms with Crippen LogP contribution in [0.15, 0.2) is 6.07 Å². The average molecular weight is 264 g/mol. The van der Waals surface area contributed by atoms with Crippen LogP contribution in [0.25, 0.3) is 0 Å². The molecular weight excluding hydrogens is 244 g/mol. The van der Waals surface area contributed by atoms with Crippen molar-refractivity contribution in [2.45, 2.75) is 46.3 Å². The number of phenols is 1. The number of cyclic esters (lactones) is 1. The van der Waals surface area contributed by atoms with Crippen LogP contribution in [0, 0.1) is 19.8 Å². The van der Waals surface area contributed by atoms with E-state index in [4.69, 9.17) is 4.74 Å². The van der Waals surface area contributed by atoms with Crippen LogP contribution in [-0.2, 0) is 4.74 Å². The van der Waals surface area contributed by atoms with Gasteiger partial charge in [-0.25, -0.2) is 4.79 Å². The number of fused-ring (bicyclic) bond motifs is 1. The van der Waals surface area contributed by atoms with E-state index < -0.39 is 18.2 Å². The number of esters is 1. The molecule has 0 aromatic heterocycles. The number of benzene rings is 1. The van der Waals surface area contributed by atoms with Crippen LogP contribution in [-0.4, -0.2) is 22.3 Å². The third kappa shape index (κ3) is 2.10. The van der Waals surface area contributed by atoms with E-state index in [1.807, 2.05) is 26.8 Å². The lowest BCUT2D eigenvalue weighted by Crippen LogP contribution is -2.26. The minimum Gasteiger partial charge on any atom is -0.507 e. The summed E-state index contributed by atoms with van der Waals surface area (Å²) in [6.07, 6.45) is -0.637. The fourth-order valence-corrected chi connectivity index (χ4v) is 2.58. The highest BCUT2D eigenvalue weighted by Gasteiger charge is 2.41. The van der Waals surface area contributed by atoms with Gasteiger partial charge in [-0.3, -0.25) is 0 Å². The molecule has 1 aromatic rings. The van der Waals surface area contributed by atoms with Crippen molar-refractivity contribution < 1.29 is 19.7 Å². The van der Waals surface area contributed by atoms with Gasteiger partial charge >= 0.3 is 5.97 Å². The van der Waals surface area contributed by atoms with Gasteiger partial charge in [0.25, 0.3) is 0 Å². The Balaban J connectivity index is 2.53. The highest BCUT2D eigenvalue weighted by molar-refractivity contribution is 5.98. The molecule has 4 nitrogen and oxygen atoms in total. The van der Waals surface area contributed by atoms with Gasteiger partial charge in [0, 0.05) is 5.56 Å². The molecule has 0 saturated heterocycles. The maximum absolute atomic E-state index is 11.9. The molecule has 0 saturated carbocycles. The van der Waals surface area contributed by atoms with Crippen molar-refractivity contribution in [1.29, 1.82) is 0 Å². The third-order valence-corrected chi connectivity index (χ3v) is 4.00. The Morgan fingerprint density at radius 1 is 1.37 bits per heavy atom. The molecule has 0 amide bonds. The van der Waals surface area contributed by atoms with Crippen molar-refractivity contribution in [3.8, 4) is 5.75 Å². The van der Waals surface area contributed by atoms with Crippen LogP contribution in [0.2, 0.25) is 0 Å². The van der Waals surface area contributed by atoms with Gasteiger partial charge < -0.3 is 14.9 Å². The van der Waals surface area contributed by atoms with E-state index in [0.717, 1.165) is 12.0 Å². The molecule has 0 radical (unpaired) electrons. The molecule has 3 atom stereocenters. The first kappa shape index (κ1) is 13.9. The van der Waals surface area contributed by atoms with Crippen molar-refractivity contribution in [1.82, 2.24) is 0 Å². The summed E-state index contributed by atoms with van der Waals surface area (Å²) in [5.41, 5.74) is 2.35. The predicted octanol–water partition coefficient (Wildman–Crippen LogP) is 2.63. The quantitative estimate of drug-likeness (QED) is 0.824. The molecule has 4 heteroatoms. The number of rotatable bonds is 3. The Hall–Kier alpha value is -1.55. The van der Waals surface area contributed by atoms with Crippen LogP contribution in [0.5, 0.6) is 5.75 Å². The SMILES string of the molecule is CCC(C)C(O)C1OC(=O)c2c(O)c(C)cc(C)c21. The van der Waals surface area contributed by atoms with Gasteiger partial charge in [0.05, 0.1) is 6.10 Å². The number of aliphatic hydroxyl groups is 1. The summed E-state index contributed by atoms with van der Waals surface area (Å²) >= 11 is 0. The van der Waals surface area contributed by atoms with E-state index >= 15 is 0 Å². The number of carbonyl (C=O) groups excluding carboxylic acids is 1. The Kier molecular flexibility index (Phi) is 3.54. The maximum atomic E-state index is 11.9. The first-order valence-electron chi connectivity index (χ1n) is 6.60. The number of aromatic hydroxyl groups is 1. The number of hydrogen-bond donors (Lipinski definition) is 2. The Morgan fingerprint density at radius 3 is 2.58 bits per heavy atom. The van der Waals surface area contributed by atoms with E-state index in [2.05, 4.69) is 0 Å². The second-order valence-electron chi connectivity index (χ2n) is 5.35. The van der Waals surface area contributed by atoms with Crippen molar-refractivity contribution in [2.75, 3.05) is 0 Å². The van der Waals surface area contributed by atoms with Gasteiger partial charge in [0.2, 0.25) is 0 Å². The van der Waals surface area contributed by atoms with Crippen molar-refractivity contribution in [3.05, 3.63) is 28.3 Å². The van der Waals surface area contributed by atoms with Crippen LogP contribution in [0.4, 0.5) is 0 Å². The molecule has 3 unspecified atom stereocenters. The average Bonchev–Trinajstić information content (AvgIpc) is 2.72. The number of phenolic OH excluding ortho intramolecular Hbond substituents is 1. The third-order valence-electron chi connectivity index (χ3n) is 4.00. The highest BCUT2D eigenvalue weighted by atomic mass is 16.6. The Bertz CT molecular complexity index is 521.